The number of nitrogens with zero attached hydrogens (tertiary/aromatic N) is 2. The van der Waals surface area contributed by atoms with Crippen LogP contribution in [0.2, 0.25) is 0 Å². The summed E-state index contributed by atoms with van der Waals surface area (Å²) in [6.45, 7) is 3.63. The van der Waals surface area contributed by atoms with E-state index in [4.69, 9.17) is 0 Å². The van der Waals surface area contributed by atoms with Crippen LogP contribution in [0.5, 0.6) is 0 Å². The molecule has 1 aromatic heterocycles. The quantitative estimate of drug-likeness (QED) is 0.733. The van der Waals surface area contributed by atoms with Gasteiger partial charge in [-0.3, -0.25) is 9.59 Å². The van der Waals surface area contributed by atoms with E-state index in [-0.39, 0.29) is 24.1 Å². The van der Waals surface area contributed by atoms with Crippen molar-refractivity contribution in [3.63, 3.8) is 0 Å². The van der Waals surface area contributed by atoms with Gasteiger partial charge < -0.3 is 10.2 Å². The highest BCUT2D eigenvalue weighted by molar-refractivity contribution is 7.99. The third-order valence-electron chi connectivity index (χ3n) is 3.96. The zero-order valence-corrected chi connectivity index (χ0v) is 16.4. The van der Waals surface area contributed by atoms with Gasteiger partial charge in [-0.25, -0.2) is 4.98 Å². The summed E-state index contributed by atoms with van der Waals surface area (Å²) in [5.41, 5.74) is 1.72. The molecule has 1 N–H and O–H groups in total. The van der Waals surface area contributed by atoms with Gasteiger partial charge in [0.1, 0.15) is 0 Å². The lowest BCUT2D eigenvalue weighted by molar-refractivity contribution is -0.137. The first kappa shape index (κ1) is 21.7. The van der Waals surface area contributed by atoms with E-state index in [0.29, 0.717) is 5.03 Å². The van der Waals surface area contributed by atoms with Gasteiger partial charge in [0, 0.05) is 18.9 Å². The van der Waals surface area contributed by atoms with Crippen LogP contribution in [0.1, 0.15) is 16.7 Å². The summed E-state index contributed by atoms with van der Waals surface area (Å²) in [7, 11) is 1.49. The third kappa shape index (κ3) is 5.98. The first-order valence-electron chi connectivity index (χ1n) is 8.34. The van der Waals surface area contributed by atoms with Crippen molar-refractivity contribution in [2.75, 3.05) is 24.7 Å². The maximum Gasteiger partial charge on any atom is 0.417 e. The Morgan fingerprint density at radius 2 is 1.79 bits per heavy atom. The van der Waals surface area contributed by atoms with Crippen LogP contribution in [0.4, 0.5) is 18.9 Å². The van der Waals surface area contributed by atoms with Crippen molar-refractivity contribution in [2.24, 2.45) is 0 Å². The number of carbonyl (C=O) groups is 2. The molecule has 0 aliphatic carbocycles. The molecule has 150 valence electrons. The molecule has 0 atom stereocenters. The number of para-hydroxylation sites is 1. The molecule has 0 fully saturated rings. The fourth-order valence-corrected chi connectivity index (χ4v) is 3.16. The van der Waals surface area contributed by atoms with E-state index in [1.54, 1.807) is 0 Å². The maximum atomic E-state index is 12.5. The summed E-state index contributed by atoms with van der Waals surface area (Å²) in [6, 6.07) is 7.79. The Labute approximate surface area is 165 Å². The molecule has 0 saturated carbocycles. The van der Waals surface area contributed by atoms with Gasteiger partial charge >= 0.3 is 6.18 Å². The molecule has 0 saturated heterocycles. The van der Waals surface area contributed by atoms with Crippen LogP contribution in [0.25, 0.3) is 0 Å². The van der Waals surface area contributed by atoms with Crippen LogP contribution in [0.15, 0.2) is 41.6 Å². The number of anilines is 1. The molecule has 9 heteroatoms. The smallest absolute Gasteiger partial charge is 0.336 e. The highest BCUT2D eigenvalue weighted by Gasteiger charge is 2.30. The number of hydrogen-bond donors (Lipinski definition) is 1. The molecule has 28 heavy (non-hydrogen) atoms. The average molecular weight is 411 g/mol. The predicted octanol–water partition coefficient (Wildman–Crippen LogP) is 3.91. The molecule has 0 radical (unpaired) electrons. The summed E-state index contributed by atoms with van der Waals surface area (Å²) >= 11 is 1.01. The van der Waals surface area contributed by atoms with Crippen molar-refractivity contribution in [3.05, 3.63) is 53.2 Å². The lowest BCUT2D eigenvalue weighted by Gasteiger charge is -2.18. The summed E-state index contributed by atoms with van der Waals surface area (Å²) in [5.74, 6) is -0.694. The van der Waals surface area contributed by atoms with E-state index in [1.807, 2.05) is 32.0 Å². The van der Waals surface area contributed by atoms with E-state index in [2.05, 4.69) is 10.3 Å². The number of carbonyl (C=O) groups excluding carboxylic acids is 2. The minimum atomic E-state index is -4.45. The number of aromatic nitrogens is 1. The van der Waals surface area contributed by atoms with Crippen LogP contribution in [0.3, 0.4) is 0 Å². The van der Waals surface area contributed by atoms with Gasteiger partial charge in [-0.15, -0.1) is 0 Å². The second-order valence-corrected chi connectivity index (χ2v) is 7.23. The molecule has 1 aromatic carbocycles. The normalized spacial score (nSPS) is 11.2. The summed E-state index contributed by atoms with van der Waals surface area (Å²) in [4.78, 5) is 29.4. The van der Waals surface area contributed by atoms with Crippen LogP contribution >= 0.6 is 11.8 Å². The van der Waals surface area contributed by atoms with Crippen molar-refractivity contribution in [3.8, 4) is 0 Å². The molecule has 5 nitrogen and oxygen atoms in total. The van der Waals surface area contributed by atoms with Gasteiger partial charge in [-0.2, -0.15) is 13.2 Å². The molecular weight excluding hydrogens is 391 g/mol. The van der Waals surface area contributed by atoms with Gasteiger partial charge in [0.15, 0.2) is 0 Å². The number of alkyl halides is 3. The van der Waals surface area contributed by atoms with E-state index in [9.17, 15) is 22.8 Å². The Kier molecular flexibility index (Phi) is 7.06. The van der Waals surface area contributed by atoms with Crippen LogP contribution in [-0.4, -0.2) is 41.0 Å². The zero-order chi connectivity index (χ0) is 20.9. The Morgan fingerprint density at radius 1 is 1.14 bits per heavy atom. The largest absolute Gasteiger partial charge is 0.417 e. The Bertz CT molecular complexity index is 834. The van der Waals surface area contributed by atoms with Crippen molar-refractivity contribution in [1.82, 2.24) is 9.88 Å². The number of halogens is 3. The number of likely N-dealkylation sites (N-methyl/N-ethyl adjacent to an activating group) is 1. The fraction of sp³-hybridized carbons (Fsp3) is 0.316. The van der Waals surface area contributed by atoms with Crippen LogP contribution in [-0.2, 0) is 15.8 Å². The number of hydrogen-bond acceptors (Lipinski definition) is 4. The first-order valence-corrected chi connectivity index (χ1v) is 9.32. The standard InChI is InChI=1S/C19H20F3N3O2S/c1-12-5-4-6-13(2)18(12)24-15(26)10-25(3)17(27)11-28-16-8-7-14(9-23-16)19(20,21)22/h4-9H,10-11H2,1-3H3,(H,24,26). The van der Waals surface area contributed by atoms with Crippen molar-refractivity contribution < 1.29 is 22.8 Å². The highest BCUT2D eigenvalue weighted by atomic mass is 32.2. The summed E-state index contributed by atoms with van der Waals surface area (Å²) in [6.07, 6.45) is -3.72. The van der Waals surface area contributed by atoms with Crippen LogP contribution in [0, 0.1) is 13.8 Å². The van der Waals surface area contributed by atoms with Gasteiger partial charge in [-0.1, -0.05) is 30.0 Å². The second-order valence-electron chi connectivity index (χ2n) is 6.24. The minimum absolute atomic E-state index is 0.0362. The minimum Gasteiger partial charge on any atom is -0.336 e. The molecule has 2 aromatic rings. The highest BCUT2D eigenvalue weighted by Crippen LogP contribution is 2.29. The molecule has 0 aliphatic rings. The fourth-order valence-electron chi connectivity index (χ4n) is 2.37. The molecular formula is C19H20F3N3O2S. The van der Waals surface area contributed by atoms with Crippen molar-refractivity contribution in [2.45, 2.75) is 25.0 Å². The Balaban J connectivity index is 1.86. The van der Waals surface area contributed by atoms with Crippen molar-refractivity contribution in [1.29, 1.82) is 0 Å². The Morgan fingerprint density at radius 3 is 2.32 bits per heavy atom. The topological polar surface area (TPSA) is 62.3 Å². The van der Waals surface area contributed by atoms with E-state index >= 15 is 0 Å². The first-order chi connectivity index (χ1) is 13.1. The predicted molar refractivity (Wildman–Crippen MR) is 102 cm³/mol. The van der Waals surface area contributed by atoms with Crippen LogP contribution < -0.4 is 5.32 Å². The average Bonchev–Trinajstić information content (AvgIpc) is 2.62. The maximum absolute atomic E-state index is 12.5. The monoisotopic (exact) mass is 411 g/mol. The number of amides is 2. The van der Waals surface area contributed by atoms with Gasteiger partial charge in [0.05, 0.1) is 22.9 Å². The number of benzene rings is 1. The lowest BCUT2D eigenvalue weighted by Crippen LogP contribution is -2.36. The third-order valence-corrected chi connectivity index (χ3v) is 4.89. The number of pyridine rings is 1. The summed E-state index contributed by atoms with van der Waals surface area (Å²) in [5, 5.41) is 3.10. The van der Waals surface area contributed by atoms with E-state index in [0.717, 1.165) is 40.8 Å². The number of thioether (sulfide) groups is 1. The molecule has 0 unspecified atom stereocenters. The lowest BCUT2D eigenvalue weighted by atomic mass is 10.1. The van der Waals surface area contributed by atoms with Gasteiger partial charge in [0.25, 0.3) is 0 Å². The molecule has 1 heterocycles. The van der Waals surface area contributed by atoms with Gasteiger partial charge in [-0.05, 0) is 37.1 Å². The summed E-state index contributed by atoms with van der Waals surface area (Å²) < 4.78 is 37.6. The SMILES string of the molecule is Cc1cccc(C)c1NC(=O)CN(C)C(=O)CSc1ccc(C(F)(F)F)cn1. The van der Waals surface area contributed by atoms with E-state index in [1.165, 1.54) is 18.0 Å². The molecule has 0 bridgehead atoms. The molecule has 2 rings (SSSR count). The van der Waals surface area contributed by atoms with Gasteiger partial charge in [0.2, 0.25) is 11.8 Å². The zero-order valence-electron chi connectivity index (χ0n) is 15.6. The Hall–Kier alpha value is -2.55. The number of aryl methyl sites for hydroxylation is 2. The molecule has 2 amide bonds. The second kappa shape index (κ2) is 9.09. The van der Waals surface area contributed by atoms with E-state index < -0.39 is 11.7 Å². The van der Waals surface area contributed by atoms with Crippen molar-refractivity contribution >= 4 is 29.3 Å². The number of rotatable bonds is 6. The molecule has 0 aliphatic heterocycles. The number of nitrogens with one attached hydrogen (secondary N) is 1. The molecule has 0 spiro atoms.